The van der Waals surface area contributed by atoms with Gasteiger partial charge in [0, 0.05) is 17.0 Å². The van der Waals surface area contributed by atoms with Crippen LogP contribution in [-0.2, 0) is 9.59 Å². The Morgan fingerprint density at radius 1 is 1.03 bits per heavy atom. The highest BCUT2D eigenvalue weighted by atomic mass is 32.1. The van der Waals surface area contributed by atoms with Crippen LogP contribution in [-0.4, -0.2) is 11.8 Å². The van der Waals surface area contributed by atoms with Crippen molar-refractivity contribution in [3.63, 3.8) is 0 Å². The molecule has 2 amide bonds. The Kier molecular flexibility index (Phi) is 5.49. The summed E-state index contributed by atoms with van der Waals surface area (Å²) in [5.74, 6) is -0.287. The molecule has 0 aliphatic carbocycles. The first-order valence-corrected chi connectivity index (χ1v) is 10.7. The normalized spacial score (nSPS) is 16.8. The van der Waals surface area contributed by atoms with Crippen LogP contribution in [0.2, 0.25) is 0 Å². The lowest BCUT2D eigenvalue weighted by Gasteiger charge is -2.27. The molecular formula is C24H24N2O2S. The van der Waals surface area contributed by atoms with E-state index in [9.17, 15) is 9.59 Å². The first-order chi connectivity index (χ1) is 14.0. The molecule has 1 aliphatic heterocycles. The fraction of sp³-hybridized carbons (Fsp3) is 0.250. The minimum atomic E-state index is -0.489. The number of anilines is 1. The summed E-state index contributed by atoms with van der Waals surface area (Å²) >= 11 is 1.62. The molecule has 0 radical (unpaired) electrons. The Morgan fingerprint density at radius 2 is 1.76 bits per heavy atom. The third-order valence-electron chi connectivity index (χ3n) is 5.37. The monoisotopic (exact) mass is 404 g/mol. The zero-order chi connectivity index (χ0) is 20.4. The van der Waals surface area contributed by atoms with Gasteiger partial charge in [0.15, 0.2) is 0 Å². The molecule has 0 bridgehead atoms. The van der Waals surface area contributed by atoms with Crippen LogP contribution in [0.15, 0.2) is 66.0 Å². The van der Waals surface area contributed by atoms with Gasteiger partial charge in [0.05, 0.1) is 12.0 Å². The maximum Gasteiger partial charge on any atom is 0.228 e. The van der Waals surface area contributed by atoms with Crippen LogP contribution in [0, 0.1) is 0 Å². The molecule has 1 aromatic heterocycles. The van der Waals surface area contributed by atoms with E-state index in [0.29, 0.717) is 5.92 Å². The predicted octanol–water partition coefficient (Wildman–Crippen LogP) is 5.20. The summed E-state index contributed by atoms with van der Waals surface area (Å²) in [5, 5.41) is 8.08. The summed E-state index contributed by atoms with van der Waals surface area (Å²) in [6.45, 7) is 4.33. The lowest BCUT2D eigenvalue weighted by molar-refractivity contribution is -0.126. The highest BCUT2D eigenvalue weighted by Crippen LogP contribution is 2.34. The second-order valence-electron chi connectivity index (χ2n) is 7.67. The molecule has 148 valence electrons. The van der Waals surface area contributed by atoms with Gasteiger partial charge in [-0.1, -0.05) is 62.4 Å². The summed E-state index contributed by atoms with van der Waals surface area (Å²) in [6, 6.07) is 19.7. The van der Waals surface area contributed by atoms with Gasteiger partial charge >= 0.3 is 0 Å². The highest BCUT2D eigenvalue weighted by Gasteiger charge is 2.32. The fourth-order valence-corrected chi connectivity index (χ4v) is 4.54. The SMILES string of the molecule is CC(C)c1ccc([C@@H](NC(=O)[C@H]2CC(=O)Nc3ccccc32)c2cccs2)cc1. The van der Waals surface area contributed by atoms with E-state index in [1.165, 1.54) is 5.56 Å². The number of benzene rings is 2. The molecular weight excluding hydrogens is 380 g/mol. The number of fused-ring (bicyclic) bond motifs is 1. The van der Waals surface area contributed by atoms with Gasteiger partial charge < -0.3 is 10.6 Å². The first kappa shape index (κ1) is 19.4. The maximum atomic E-state index is 13.3. The Bertz CT molecular complexity index is 1010. The molecule has 5 heteroatoms. The average molecular weight is 405 g/mol. The number of carbonyl (C=O) groups is 2. The van der Waals surface area contributed by atoms with Crippen LogP contribution in [0.25, 0.3) is 0 Å². The number of hydrogen-bond donors (Lipinski definition) is 2. The topological polar surface area (TPSA) is 58.2 Å². The summed E-state index contributed by atoms with van der Waals surface area (Å²) < 4.78 is 0. The number of amides is 2. The minimum absolute atomic E-state index is 0.126. The van der Waals surface area contributed by atoms with Crippen molar-refractivity contribution < 1.29 is 9.59 Å². The zero-order valence-corrected chi connectivity index (χ0v) is 17.3. The minimum Gasteiger partial charge on any atom is -0.344 e. The van der Waals surface area contributed by atoms with E-state index in [1.54, 1.807) is 11.3 Å². The highest BCUT2D eigenvalue weighted by molar-refractivity contribution is 7.10. The second-order valence-corrected chi connectivity index (χ2v) is 8.65. The van der Waals surface area contributed by atoms with E-state index in [1.807, 2.05) is 41.8 Å². The number of thiophene rings is 1. The Hall–Kier alpha value is -2.92. The van der Waals surface area contributed by atoms with Crippen molar-refractivity contribution in [2.75, 3.05) is 5.32 Å². The van der Waals surface area contributed by atoms with E-state index >= 15 is 0 Å². The fourth-order valence-electron chi connectivity index (χ4n) is 3.74. The predicted molar refractivity (Wildman–Crippen MR) is 117 cm³/mol. The van der Waals surface area contributed by atoms with Crippen molar-refractivity contribution in [1.29, 1.82) is 0 Å². The number of hydrogen-bond acceptors (Lipinski definition) is 3. The van der Waals surface area contributed by atoms with E-state index < -0.39 is 5.92 Å². The number of rotatable bonds is 5. The van der Waals surface area contributed by atoms with Crippen molar-refractivity contribution in [2.24, 2.45) is 0 Å². The second kappa shape index (κ2) is 8.21. The molecule has 4 rings (SSSR count). The molecule has 29 heavy (non-hydrogen) atoms. The van der Waals surface area contributed by atoms with Gasteiger partial charge in [-0.05, 0) is 40.1 Å². The molecule has 1 aliphatic rings. The third-order valence-corrected chi connectivity index (χ3v) is 6.30. The molecule has 2 aromatic carbocycles. The van der Waals surface area contributed by atoms with Crippen LogP contribution < -0.4 is 10.6 Å². The van der Waals surface area contributed by atoms with Crippen LogP contribution in [0.1, 0.15) is 59.7 Å². The van der Waals surface area contributed by atoms with Crippen LogP contribution in [0.4, 0.5) is 5.69 Å². The standard InChI is InChI=1S/C24H24N2O2S/c1-15(2)16-9-11-17(12-10-16)23(21-8-5-13-29-21)26-24(28)19-14-22(27)25-20-7-4-3-6-18(19)20/h3-13,15,19,23H,14H2,1-2H3,(H,25,27)(H,26,28)/t19-,23+/m0/s1. The first-order valence-electron chi connectivity index (χ1n) is 9.85. The van der Waals surface area contributed by atoms with Crippen molar-refractivity contribution in [3.05, 3.63) is 87.6 Å². The average Bonchev–Trinajstić information content (AvgIpc) is 3.25. The number of para-hydroxylation sites is 1. The van der Waals surface area contributed by atoms with Gasteiger partial charge in [0.1, 0.15) is 0 Å². The molecule has 0 fully saturated rings. The summed E-state index contributed by atoms with van der Waals surface area (Å²) in [7, 11) is 0. The van der Waals surface area contributed by atoms with Crippen molar-refractivity contribution in [3.8, 4) is 0 Å². The number of carbonyl (C=O) groups excluding carboxylic acids is 2. The summed E-state index contributed by atoms with van der Waals surface area (Å²) in [4.78, 5) is 26.5. The molecule has 2 heterocycles. The summed E-state index contributed by atoms with van der Waals surface area (Å²) in [6.07, 6.45) is 0.159. The summed E-state index contributed by atoms with van der Waals surface area (Å²) in [5.41, 5.74) is 3.89. The lowest BCUT2D eigenvalue weighted by Crippen LogP contribution is -2.37. The van der Waals surface area contributed by atoms with Gasteiger partial charge in [-0.2, -0.15) is 0 Å². The molecule has 0 spiro atoms. The number of nitrogens with one attached hydrogen (secondary N) is 2. The van der Waals surface area contributed by atoms with E-state index in [2.05, 4.69) is 48.7 Å². The van der Waals surface area contributed by atoms with E-state index in [4.69, 9.17) is 0 Å². The van der Waals surface area contributed by atoms with Crippen molar-refractivity contribution in [2.45, 2.75) is 38.1 Å². The molecule has 2 atom stereocenters. The van der Waals surface area contributed by atoms with E-state index in [0.717, 1.165) is 21.7 Å². The Balaban J connectivity index is 1.63. The van der Waals surface area contributed by atoms with Gasteiger partial charge in [-0.3, -0.25) is 9.59 Å². The lowest BCUT2D eigenvalue weighted by atomic mass is 9.89. The van der Waals surface area contributed by atoms with Gasteiger partial charge in [0.25, 0.3) is 0 Å². The van der Waals surface area contributed by atoms with Gasteiger partial charge in [-0.15, -0.1) is 11.3 Å². The molecule has 4 nitrogen and oxygen atoms in total. The van der Waals surface area contributed by atoms with Gasteiger partial charge in [0.2, 0.25) is 11.8 Å². The van der Waals surface area contributed by atoms with E-state index in [-0.39, 0.29) is 24.3 Å². The van der Waals surface area contributed by atoms with Crippen molar-refractivity contribution in [1.82, 2.24) is 5.32 Å². The largest absolute Gasteiger partial charge is 0.344 e. The van der Waals surface area contributed by atoms with Gasteiger partial charge in [-0.25, -0.2) is 0 Å². The molecule has 2 N–H and O–H groups in total. The molecule has 0 saturated heterocycles. The zero-order valence-electron chi connectivity index (χ0n) is 16.5. The smallest absolute Gasteiger partial charge is 0.228 e. The van der Waals surface area contributed by atoms with Crippen LogP contribution >= 0.6 is 11.3 Å². The van der Waals surface area contributed by atoms with Crippen LogP contribution in [0.5, 0.6) is 0 Å². The molecule has 3 aromatic rings. The Morgan fingerprint density at radius 3 is 2.45 bits per heavy atom. The quantitative estimate of drug-likeness (QED) is 0.614. The third kappa shape index (κ3) is 4.10. The maximum absolute atomic E-state index is 13.3. The van der Waals surface area contributed by atoms with Crippen LogP contribution in [0.3, 0.4) is 0 Å². The Labute approximate surface area is 175 Å². The molecule has 0 unspecified atom stereocenters. The van der Waals surface area contributed by atoms with Crippen molar-refractivity contribution >= 4 is 28.8 Å². The molecule has 0 saturated carbocycles.